The highest BCUT2D eigenvalue weighted by molar-refractivity contribution is 9.10. The smallest absolute Gasteiger partial charge is 0.329 e. The van der Waals surface area contributed by atoms with Crippen molar-refractivity contribution in [3.8, 4) is 17.2 Å². The second-order valence-corrected chi connectivity index (χ2v) is 8.73. The number of hydrogen-bond donors (Lipinski definition) is 3. The fourth-order valence-corrected chi connectivity index (χ4v) is 3.97. The average molecular weight is 577 g/mol. The minimum atomic E-state index is -0.890. The van der Waals surface area contributed by atoms with Crippen molar-refractivity contribution in [2.45, 2.75) is 25.9 Å². The van der Waals surface area contributed by atoms with Gasteiger partial charge in [-0.3, -0.25) is 14.4 Å². The Kier molecular flexibility index (Phi) is 10.7. The van der Waals surface area contributed by atoms with Gasteiger partial charge in [0, 0.05) is 18.8 Å². The van der Waals surface area contributed by atoms with E-state index in [2.05, 4.69) is 37.1 Å². The molecule has 3 amide bonds. The molecule has 0 bridgehead atoms. The van der Waals surface area contributed by atoms with Gasteiger partial charge in [0.1, 0.15) is 5.75 Å². The minimum absolute atomic E-state index is 0.0657. The summed E-state index contributed by atoms with van der Waals surface area (Å²) in [6.07, 6.45) is 3.07. The third-order valence-electron chi connectivity index (χ3n) is 5.15. The second kappa shape index (κ2) is 14.2. The summed E-state index contributed by atoms with van der Waals surface area (Å²) in [7, 11) is 1.45. The summed E-state index contributed by atoms with van der Waals surface area (Å²) in [6, 6.07) is 10.3. The molecule has 2 aromatic carbocycles. The molecule has 3 rings (SSSR count). The first-order chi connectivity index (χ1) is 17.9. The fraction of sp³-hybridized carbons (Fsp3) is 0.360. The van der Waals surface area contributed by atoms with Crippen molar-refractivity contribution < 1.29 is 33.3 Å². The first kappa shape index (κ1) is 27.9. The van der Waals surface area contributed by atoms with Crippen LogP contribution in [0.2, 0.25) is 0 Å². The number of hydrogen-bond acceptors (Lipinski definition) is 8. The lowest BCUT2D eigenvalue weighted by Crippen LogP contribution is -2.41. The van der Waals surface area contributed by atoms with Gasteiger partial charge in [0.05, 0.1) is 30.5 Å². The number of amides is 3. The van der Waals surface area contributed by atoms with E-state index >= 15 is 0 Å². The highest BCUT2D eigenvalue weighted by Gasteiger charge is 2.19. The van der Waals surface area contributed by atoms with Crippen molar-refractivity contribution >= 4 is 45.6 Å². The van der Waals surface area contributed by atoms with Crippen molar-refractivity contribution in [1.82, 2.24) is 10.7 Å². The number of nitrogens with one attached hydrogen (secondary N) is 3. The Bertz CT molecular complexity index is 1120. The van der Waals surface area contributed by atoms with E-state index in [9.17, 15) is 14.4 Å². The van der Waals surface area contributed by atoms with E-state index in [4.69, 9.17) is 18.9 Å². The quantitative estimate of drug-likeness (QED) is 0.212. The molecular formula is C25H29BrN4O7. The van der Waals surface area contributed by atoms with Gasteiger partial charge in [0.15, 0.2) is 18.1 Å². The number of carbonyl (C=O) groups is 3. The molecule has 2 aromatic rings. The Morgan fingerprint density at radius 1 is 1.16 bits per heavy atom. The molecule has 1 heterocycles. The number of nitrogens with zero attached hydrogens (tertiary/aromatic N) is 1. The summed E-state index contributed by atoms with van der Waals surface area (Å²) in [6.45, 7) is 3.14. The average Bonchev–Trinajstić information content (AvgIpc) is 3.41. The maximum Gasteiger partial charge on any atom is 0.329 e. The second-order valence-electron chi connectivity index (χ2n) is 7.87. The monoisotopic (exact) mass is 576 g/mol. The Morgan fingerprint density at radius 3 is 2.62 bits per heavy atom. The number of anilines is 1. The molecular weight excluding hydrogens is 548 g/mol. The Hall–Kier alpha value is -3.64. The van der Waals surface area contributed by atoms with Crippen LogP contribution < -0.4 is 30.3 Å². The van der Waals surface area contributed by atoms with Gasteiger partial charge in [-0.2, -0.15) is 5.10 Å². The van der Waals surface area contributed by atoms with Gasteiger partial charge in [0.25, 0.3) is 5.91 Å². The van der Waals surface area contributed by atoms with Crippen molar-refractivity contribution in [3.05, 3.63) is 46.4 Å². The number of benzene rings is 2. The third-order valence-corrected chi connectivity index (χ3v) is 5.74. The van der Waals surface area contributed by atoms with Crippen LogP contribution in [0.4, 0.5) is 5.69 Å². The van der Waals surface area contributed by atoms with E-state index in [1.165, 1.54) is 13.3 Å². The molecule has 0 aromatic heterocycles. The standard InChI is InChI=1S/C25H29BrN4O7/c1-3-35-18-8-6-17(7-9-18)29-22(31)15-37-23-20(26)11-16(12-21(23)34-2)13-28-30-25(33)24(32)27-14-19-5-4-10-36-19/h6-9,11-13,19H,3-5,10,14-15H2,1-2H3,(H,27,32)(H,29,31)(H,30,33)/b28-13-/t19-/m1/s1. The first-order valence-corrected chi connectivity index (χ1v) is 12.4. The van der Waals surface area contributed by atoms with Gasteiger partial charge in [-0.25, -0.2) is 5.43 Å². The molecule has 0 radical (unpaired) electrons. The molecule has 1 atom stereocenters. The minimum Gasteiger partial charge on any atom is -0.494 e. The molecule has 1 fully saturated rings. The SMILES string of the molecule is CCOc1ccc(NC(=O)COc2c(Br)cc(/C=N\NC(=O)C(=O)NC[C@H]3CCCO3)cc2OC)cc1. The van der Waals surface area contributed by atoms with E-state index in [0.717, 1.165) is 12.8 Å². The summed E-state index contributed by atoms with van der Waals surface area (Å²) in [4.78, 5) is 36.2. The molecule has 1 saturated heterocycles. The largest absolute Gasteiger partial charge is 0.494 e. The number of methoxy groups -OCH3 is 1. The maximum atomic E-state index is 12.3. The Balaban J connectivity index is 1.51. The third kappa shape index (κ3) is 8.76. The number of rotatable bonds is 11. The summed E-state index contributed by atoms with van der Waals surface area (Å²) in [5.74, 6) is -0.669. The predicted molar refractivity (Wildman–Crippen MR) is 140 cm³/mol. The molecule has 11 nitrogen and oxygen atoms in total. The fourth-order valence-electron chi connectivity index (χ4n) is 3.40. The van der Waals surface area contributed by atoms with Crippen LogP contribution in [0.3, 0.4) is 0 Å². The van der Waals surface area contributed by atoms with Crippen LogP contribution in [0.25, 0.3) is 0 Å². The summed E-state index contributed by atoms with van der Waals surface area (Å²) < 4.78 is 22.3. The van der Waals surface area contributed by atoms with Gasteiger partial charge in [-0.15, -0.1) is 0 Å². The van der Waals surface area contributed by atoms with E-state index in [1.807, 2.05) is 6.92 Å². The van der Waals surface area contributed by atoms with Gasteiger partial charge in [-0.1, -0.05) is 0 Å². The van der Waals surface area contributed by atoms with Crippen molar-refractivity contribution in [1.29, 1.82) is 0 Å². The molecule has 3 N–H and O–H groups in total. The molecule has 12 heteroatoms. The molecule has 0 unspecified atom stereocenters. The van der Waals surface area contributed by atoms with Gasteiger partial charge in [-0.05, 0) is 77.7 Å². The predicted octanol–water partition coefficient (Wildman–Crippen LogP) is 2.62. The summed E-state index contributed by atoms with van der Waals surface area (Å²) in [5.41, 5.74) is 3.34. The lowest BCUT2D eigenvalue weighted by Gasteiger charge is -2.13. The molecule has 1 aliphatic rings. The molecule has 0 saturated carbocycles. The first-order valence-electron chi connectivity index (χ1n) is 11.7. The highest BCUT2D eigenvalue weighted by atomic mass is 79.9. The molecule has 198 valence electrons. The van der Waals surface area contributed by atoms with Crippen LogP contribution in [-0.2, 0) is 19.1 Å². The summed E-state index contributed by atoms with van der Waals surface area (Å²) >= 11 is 3.40. The zero-order valence-electron chi connectivity index (χ0n) is 20.5. The van der Waals surface area contributed by atoms with Crippen molar-refractivity contribution in [2.75, 3.05) is 38.8 Å². The van der Waals surface area contributed by atoms with Crippen molar-refractivity contribution in [2.24, 2.45) is 5.10 Å². The maximum absolute atomic E-state index is 12.3. The van der Waals surface area contributed by atoms with E-state index in [0.29, 0.717) is 46.2 Å². The highest BCUT2D eigenvalue weighted by Crippen LogP contribution is 2.36. The summed E-state index contributed by atoms with van der Waals surface area (Å²) in [5, 5.41) is 9.09. The van der Waals surface area contributed by atoms with Gasteiger partial charge in [0.2, 0.25) is 0 Å². The molecule has 1 aliphatic heterocycles. The normalized spacial score (nSPS) is 14.7. The van der Waals surface area contributed by atoms with E-state index in [-0.39, 0.29) is 25.2 Å². The Labute approximate surface area is 223 Å². The van der Waals surface area contributed by atoms with Crippen molar-refractivity contribution in [3.63, 3.8) is 0 Å². The molecule has 37 heavy (non-hydrogen) atoms. The van der Waals surface area contributed by atoms with Crippen LogP contribution in [0, 0.1) is 0 Å². The van der Waals surface area contributed by atoms with Crippen LogP contribution >= 0.6 is 15.9 Å². The Morgan fingerprint density at radius 2 is 1.95 bits per heavy atom. The zero-order chi connectivity index (χ0) is 26.6. The van der Waals surface area contributed by atoms with Gasteiger partial charge < -0.3 is 29.6 Å². The lowest BCUT2D eigenvalue weighted by atomic mass is 10.2. The molecule has 0 aliphatic carbocycles. The van der Waals surface area contributed by atoms with Crippen LogP contribution in [0.1, 0.15) is 25.3 Å². The van der Waals surface area contributed by atoms with Gasteiger partial charge >= 0.3 is 11.8 Å². The van der Waals surface area contributed by atoms with E-state index in [1.54, 1.807) is 36.4 Å². The molecule has 0 spiro atoms. The topological polar surface area (TPSA) is 137 Å². The number of carbonyl (C=O) groups excluding carboxylic acids is 3. The lowest BCUT2D eigenvalue weighted by molar-refractivity contribution is -0.139. The van der Waals surface area contributed by atoms with E-state index < -0.39 is 11.8 Å². The van der Waals surface area contributed by atoms with Crippen LogP contribution in [0.15, 0.2) is 46.0 Å². The number of hydrazone groups is 1. The van der Waals surface area contributed by atoms with Crippen LogP contribution in [0.5, 0.6) is 17.2 Å². The zero-order valence-corrected chi connectivity index (χ0v) is 22.1. The number of halogens is 1. The number of ether oxygens (including phenoxy) is 4. The van der Waals surface area contributed by atoms with Crippen LogP contribution in [-0.4, -0.2) is 63.5 Å².